The van der Waals surface area contributed by atoms with Gasteiger partial charge in [-0.1, -0.05) is 12.1 Å². The SMILES string of the molecule is Cc1cccc(OCCC(=O)NC(CCO)C(=O)O)c1. The lowest BCUT2D eigenvalue weighted by Crippen LogP contribution is -2.41. The van der Waals surface area contributed by atoms with Crippen molar-refractivity contribution in [2.24, 2.45) is 0 Å². The number of benzene rings is 1. The summed E-state index contributed by atoms with van der Waals surface area (Å²) in [4.78, 5) is 22.4. The number of carbonyl (C=O) groups is 2. The molecule has 110 valence electrons. The highest BCUT2D eigenvalue weighted by Gasteiger charge is 2.18. The molecule has 1 atom stereocenters. The van der Waals surface area contributed by atoms with Crippen molar-refractivity contribution in [2.45, 2.75) is 25.8 Å². The number of nitrogens with one attached hydrogen (secondary N) is 1. The van der Waals surface area contributed by atoms with E-state index in [4.69, 9.17) is 14.9 Å². The fraction of sp³-hybridized carbons (Fsp3) is 0.429. The van der Waals surface area contributed by atoms with E-state index in [1.165, 1.54) is 0 Å². The highest BCUT2D eigenvalue weighted by Crippen LogP contribution is 2.12. The number of aliphatic hydroxyl groups is 1. The summed E-state index contributed by atoms with van der Waals surface area (Å²) in [5.74, 6) is -0.909. The molecule has 6 heteroatoms. The minimum absolute atomic E-state index is 0.0141. The largest absolute Gasteiger partial charge is 0.493 e. The van der Waals surface area contributed by atoms with E-state index < -0.39 is 17.9 Å². The molecule has 1 amide bonds. The van der Waals surface area contributed by atoms with Crippen LogP contribution in [0.5, 0.6) is 5.75 Å². The van der Waals surface area contributed by atoms with Gasteiger partial charge < -0.3 is 20.3 Å². The molecule has 0 aromatic heterocycles. The molecule has 0 fully saturated rings. The van der Waals surface area contributed by atoms with E-state index >= 15 is 0 Å². The first-order valence-electron chi connectivity index (χ1n) is 6.35. The van der Waals surface area contributed by atoms with Crippen molar-refractivity contribution in [3.63, 3.8) is 0 Å². The van der Waals surface area contributed by atoms with Crippen molar-refractivity contribution in [1.29, 1.82) is 0 Å². The highest BCUT2D eigenvalue weighted by molar-refractivity contribution is 5.83. The van der Waals surface area contributed by atoms with Crippen LogP contribution in [0.15, 0.2) is 24.3 Å². The molecule has 0 aliphatic rings. The first-order chi connectivity index (χ1) is 9.52. The lowest BCUT2D eigenvalue weighted by Gasteiger charge is -2.13. The molecule has 0 radical (unpaired) electrons. The van der Waals surface area contributed by atoms with Gasteiger partial charge in [0.2, 0.25) is 5.91 Å². The molecular formula is C14H19NO5. The third kappa shape index (κ3) is 5.71. The molecular weight excluding hydrogens is 262 g/mol. The smallest absolute Gasteiger partial charge is 0.326 e. The van der Waals surface area contributed by atoms with Crippen molar-refractivity contribution in [3.8, 4) is 5.75 Å². The van der Waals surface area contributed by atoms with Crippen molar-refractivity contribution in [1.82, 2.24) is 5.32 Å². The predicted molar refractivity (Wildman–Crippen MR) is 72.6 cm³/mol. The number of ether oxygens (including phenoxy) is 1. The van der Waals surface area contributed by atoms with Crippen molar-refractivity contribution >= 4 is 11.9 Å². The maximum absolute atomic E-state index is 11.6. The lowest BCUT2D eigenvalue weighted by atomic mass is 10.2. The summed E-state index contributed by atoms with van der Waals surface area (Å²) in [6.45, 7) is 1.81. The van der Waals surface area contributed by atoms with Gasteiger partial charge in [0.05, 0.1) is 13.0 Å². The minimum atomic E-state index is -1.16. The molecule has 0 heterocycles. The van der Waals surface area contributed by atoms with Gasteiger partial charge in [0.15, 0.2) is 0 Å². The maximum atomic E-state index is 11.6. The van der Waals surface area contributed by atoms with Gasteiger partial charge in [0.25, 0.3) is 0 Å². The Morgan fingerprint density at radius 2 is 2.15 bits per heavy atom. The van der Waals surface area contributed by atoms with E-state index in [1.807, 2.05) is 25.1 Å². The Kier molecular flexibility index (Phi) is 6.52. The number of carboxylic acid groups (broad SMARTS) is 1. The predicted octanol–water partition coefficient (Wildman–Crippen LogP) is 0.716. The van der Waals surface area contributed by atoms with Gasteiger partial charge >= 0.3 is 5.97 Å². The van der Waals surface area contributed by atoms with Crippen LogP contribution in [0, 0.1) is 6.92 Å². The molecule has 0 bridgehead atoms. The Labute approximate surface area is 117 Å². The number of carbonyl (C=O) groups excluding carboxylic acids is 1. The molecule has 0 aliphatic heterocycles. The zero-order valence-corrected chi connectivity index (χ0v) is 11.3. The Hall–Kier alpha value is -2.08. The van der Waals surface area contributed by atoms with Crippen molar-refractivity contribution in [2.75, 3.05) is 13.2 Å². The number of aliphatic hydroxyl groups excluding tert-OH is 1. The normalized spacial score (nSPS) is 11.7. The Morgan fingerprint density at radius 1 is 1.40 bits per heavy atom. The summed E-state index contributed by atoms with van der Waals surface area (Å²) in [6.07, 6.45) is 0.0446. The van der Waals surface area contributed by atoms with Gasteiger partial charge in [-0.15, -0.1) is 0 Å². The molecule has 0 saturated carbocycles. The van der Waals surface area contributed by atoms with Gasteiger partial charge in [-0.3, -0.25) is 4.79 Å². The first kappa shape index (κ1) is 16.0. The van der Waals surface area contributed by atoms with E-state index in [0.717, 1.165) is 5.56 Å². The number of aliphatic carboxylic acids is 1. The molecule has 1 aromatic carbocycles. The van der Waals surface area contributed by atoms with Crippen LogP contribution in [-0.4, -0.2) is 41.3 Å². The van der Waals surface area contributed by atoms with Crippen LogP contribution in [0.25, 0.3) is 0 Å². The summed E-state index contributed by atoms with van der Waals surface area (Å²) in [7, 11) is 0. The van der Waals surface area contributed by atoms with Gasteiger partial charge in [-0.25, -0.2) is 4.79 Å². The molecule has 0 spiro atoms. The number of amides is 1. The second-order valence-electron chi connectivity index (χ2n) is 4.39. The first-order valence-corrected chi connectivity index (χ1v) is 6.35. The van der Waals surface area contributed by atoms with Crippen LogP contribution in [0.2, 0.25) is 0 Å². The standard InChI is InChI=1S/C14H19NO5/c1-10-3-2-4-11(9-10)20-8-6-13(17)15-12(5-7-16)14(18)19/h2-4,9,12,16H,5-8H2,1H3,(H,15,17)(H,18,19). The van der Waals surface area contributed by atoms with Gasteiger partial charge in [0, 0.05) is 13.0 Å². The molecule has 1 aromatic rings. The fourth-order valence-electron chi connectivity index (χ4n) is 1.62. The Bertz CT molecular complexity index is 461. The summed E-state index contributed by atoms with van der Waals surface area (Å²) in [5, 5.41) is 19.9. The Balaban J connectivity index is 2.34. The monoisotopic (exact) mass is 281 g/mol. The van der Waals surface area contributed by atoms with Crippen molar-refractivity contribution in [3.05, 3.63) is 29.8 Å². The average molecular weight is 281 g/mol. The molecule has 1 unspecified atom stereocenters. The van der Waals surface area contributed by atoms with Crippen LogP contribution in [0.1, 0.15) is 18.4 Å². The number of rotatable bonds is 8. The van der Waals surface area contributed by atoms with Crippen LogP contribution in [0.3, 0.4) is 0 Å². The zero-order chi connectivity index (χ0) is 15.0. The number of hydrogen-bond acceptors (Lipinski definition) is 4. The number of hydrogen-bond donors (Lipinski definition) is 3. The van der Waals surface area contributed by atoms with Crippen LogP contribution in [0.4, 0.5) is 0 Å². The van der Waals surface area contributed by atoms with Crippen LogP contribution >= 0.6 is 0 Å². The van der Waals surface area contributed by atoms with Crippen molar-refractivity contribution < 1.29 is 24.5 Å². The van der Waals surface area contributed by atoms with E-state index in [-0.39, 0.29) is 26.1 Å². The summed E-state index contributed by atoms with van der Waals surface area (Å²) in [6, 6.07) is 6.37. The molecule has 3 N–H and O–H groups in total. The third-order valence-electron chi connectivity index (χ3n) is 2.64. The summed E-state index contributed by atoms with van der Waals surface area (Å²) < 4.78 is 5.40. The summed E-state index contributed by atoms with van der Waals surface area (Å²) in [5.41, 5.74) is 1.06. The number of aryl methyl sites for hydroxylation is 1. The quantitative estimate of drug-likeness (QED) is 0.652. The van der Waals surface area contributed by atoms with E-state index in [9.17, 15) is 9.59 Å². The van der Waals surface area contributed by atoms with Gasteiger partial charge in [0.1, 0.15) is 11.8 Å². The minimum Gasteiger partial charge on any atom is -0.493 e. The number of carboxylic acids is 1. The Morgan fingerprint density at radius 3 is 2.75 bits per heavy atom. The molecule has 1 rings (SSSR count). The zero-order valence-electron chi connectivity index (χ0n) is 11.3. The second-order valence-corrected chi connectivity index (χ2v) is 4.39. The molecule has 0 saturated heterocycles. The lowest BCUT2D eigenvalue weighted by molar-refractivity contribution is -0.142. The maximum Gasteiger partial charge on any atom is 0.326 e. The molecule has 0 aliphatic carbocycles. The highest BCUT2D eigenvalue weighted by atomic mass is 16.5. The fourth-order valence-corrected chi connectivity index (χ4v) is 1.62. The van der Waals surface area contributed by atoms with Crippen LogP contribution < -0.4 is 10.1 Å². The van der Waals surface area contributed by atoms with E-state index in [0.29, 0.717) is 5.75 Å². The van der Waals surface area contributed by atoms with Gasteiger partial charge in [-0.05, 0) is 24.6 Å². The van der Waals surface area contributed by atoms with E-state index in [1.54, 1.807) is 6.07 Å². The van der Waals surface area contributed by atoms with E-state index in [2.05, 4.69) is 5.32 Å². The average Bonchev–Trinajstić information content (AvgIpc) is 2.38. The molecule has 20 heavy (non-hydrogen) atoms. The van der Waals surface area contributed by atoms with Crippen LogP contribution in [-0.2, 0) is 9.59 Å². The third-order valence-corrected chi connectivity index (χ3v) is 2.64. The summed E-state index contributed by atoms with van der Waals surface area (Å²) >= 11 is 0. The molecule has 6 nitrogen and oxygen atoms in total. The second kappa shape index (κ2) is 8.16. The van der Waals surface area contributed by atoms with Gasteiger partial charge in [-0.2, -0.15) is 0 Å². The topological polar surface area (TPSA) is 95.9 Å².